The minimum Gasteiger partial charge on any atom is -0.378 e. The molecule has 0 saturated carbocycles. The summed E-state index contributed by atoms with van der Waals surface area (Å²) in [6.07, 6.45) is 0. The van der Waals surface area contributed by atoms with Crippen LogP contribution in [-0.4, -0.2) is 4.92 Å². The van der Waals surface area contributed by atoms with E-state index in [1.165, 1.54) is 0 Å². The Morgan fingerprint density at radius 3 is 2.57 bits per heavy atom. The largest absolute Gasteiger partial charge is 0.378 e. The zero-order valence-electron chi connectivity index (χ0n) is 10.4. The normalized spacial score (nSPS) is 10.5. The first-order valence-corrected chi connectivity index (χ1v) is 6.46. The number of benzene rings is 2. The number of anilines is 1. The van der Waals surface area contributed by atoms with E-state index < -0.39 is 22.2 Å². The van der Waals surface area contributed by atoms with Gasteiger partial charge in [0.25, 0.3) is 0 Å². The Labute approximate surface area is 128 Å². The Hall–Kier alpha value is -1.92. The van der Waals surface area contributed by atoms with Crippen LogP contribution in [0.3, 0.4) is 0 Å². The van der Waals surface area contributed by atoms with Crippen LogP contribution < -0.4 is 5.32 Å². The van der Waals surface area contributed by atoms with E-state index in [0.29, 0.717) is 21.7 Å². The van der Waals surface area contributed by atoms with Crippen molar-refractivity contribution in [3.05, 3.63) is 67.7 Å². The number of nitrogens with zero attached hydrogens (tertiary/aromatic N) is 1. The molecule has 110 valence electrons. The topological polar surface area (TPSA) is 55.2 Å². The number of hydrogen-bond acceptors (Lipinski definition) is 3. The SMILES string of the molecule is O=[N+]([O-])c1cc(NCc2cccc(Cl)c2Cl)c(F)cc1F. The second-order valence-corrected chi connectivity index (χ2v) is 4.89. The fraction of sp³-hybridized carbons (Fsp3) is 0.0769. The van der Waals surface area contributed by atoms with E-state index in [2.05, 4.69) is 5.32 Å². The van der Waals surface area contributed by atoms with Gasteiger partial charge in [-0.25, -0.2) is 4.39 Å². The summed E-state index contributed by atoms with van der Waals surface area (Å²) in [5.41, 5.74) is -0.425. The molecule has 8 heteroatoms. The molecule has 0 saturated heterocycles. The average molecular weight is 333 g/mol. The highest BCUT2D eigenvalue weighted by atomic mass is 35.5. The maximum Gasteiger partial charge on any atom is 0.307 e. The predicted octanol–water partition coefficient (Wildman–Crippen LogP) is 4.79. The van der Waals surface area contributed by atoms with Crippen molar-refractivity contribution in [1.29, 1.82) is 0 Å². The first kappa shape index (κ1) is 15.5. The number of nitro benzene ring substituents is 1. The van der Waals surface area contributed by atoms with Gasteiger partial charge in [0.2, 0.25) is 5.82 Å². The Bertz CT molecular complexity index is 711. The third-order valence-electron chi connectivity index (χ3n) is 2.73. The monoisotopic (exact) mass is 332 g/mol. The Balaban J connectivity index is 2.26. The van der Waals surface area contributed by atoms with Crippen molar-refractivity contribution in [3.8, 4) is 0 Å². The van der Waals surface area contributed by atoms with Crippen LogP contribution in [0.1, 0.15) is 5.56 Å². The molecule has 2 rings (SSSR count). The van der Waals surface area contributed by atoms with E-state index in [1.807, 2.05) is 0 Å². The molecule has 0 unspecified atom stereocenters. The summed E-state index contributed by atoms with van der Waals surface area (Å²) in [4.78, 5) is 9.71. The first-order valence-electron chi connectivity index (χ1n) is 5.70. The first-order chi connectivity index (χ1) is 9.90. The molecule has 0 aromatic heterocycles. The van der Waals surface area contributed by atoms with Crippen LogP contribution >= 0.6 is 23.2 Å². The standard InChI is InChI=1S/C13H8Cl2F2N2O2/c14-8-3-1-2-7(13(8)15)6-18-11-5-12(19(20)21)10(17)4-9(11)16/h1-5,18H,6H2. The van der Waals surface area contributed by atoms with Crippen molar-refractivity contribution in [1.82, 2.24) is 0 Å². The molecule has 1 N–H and O–H groups in total. The quantitative estimate of drug-likeness (QED) is 0.646. The van der Waals surface area contributed by atoms with Crippen LogP contribution in [0.25, 0.3) is 0 Å². The molecule has 2 aromatic carbocycles. The van der Waals surface area contributed by atoms with Crippen molar-refractivity contribution in [2.45, 2.75) is 6.54 Å². The van der Waals surface area contributed by atoms with Crippen molar-refractivity contribution in [2.24, 2.45) is 0 Å². The van der Waals surface area contributed by atoms with Crippen LogP contribution in [-0.2, 0) is 6.54 Å². The van der Waals surface area contributed by atoms with Crippen molar-refractivity contribution in [2.75, 3.05) is 5.32 Å². The molecule has 0 aliphatic rings. The third kappa shape index (κ3) is 3.40. The van der Waals surface area contributed by atoms with Gasteiger partial charge in [-0.3, -0.25) is 10.1 Å². The van der Waals surface area contributed by atoms with Crippen LogP contribution in [0.4, 0.5) is 20.2 Å². The van der Waals surface area contributed by atoms with Crippen LogP contribution in [0.2, 0.25) is 10.0 Å². The van der Waals surface area contributed by atoms with Gasteiger partial charge in [-0.15, -0.1) is 0 Å². The number of nitrogens with one attached hydrogen (secondary N) is 1. The molecule has 0 aliphatic heterocycles. The molecule has 0 bridgehead atoms. The van der Waals surface area contributed by atoms with E-state index in [1.54, 1.807) is 18.2 Å². The smallest absolute Gasteiger partial charge is 0.307 e. The predicted molar refractivity (Wildman–Crippen MR) is 76.8 cm³/mol. The zero-order valence-corrected chi connectivity index (χ0v) is 11.9. The van der Waals surface area contributed by atoms with Gasteiger partial charge in [0.05, 0.1) is 20.7 Å². The van der Waals surface area contributed by atoms with E-state index in [-0.39, 0.29) is 12.2 Å². The highest BCUT2D eigenvalue weighted by molar-refractivity contribution is 6.42. The molecule has 2 aromatic rings. The van der Waals surface area contributed by atoms with Gasteiger partial charge in [-0.1, -0.05) is 35.3 Å². The molecule has 0 fully saturated rings. The summed E-state index contributed by atoms with van der Waals surface area (Å²) < 4.78 is 26.8. The van der Waals surface area contributed by atoms with Crippen molar-refractivity contribution in [3.63, 3.8) is 0 Å². The summed E-state index contributed by atoms with van der Waals surface area (Å²) in [7, 11) is 0. The summed E-state index contributed by atoms with van der Waals surface area (Å²) in [6, 6.07) is 6.17. The number of nitro groups is 1. The molecule has 0 spiro atoms. The molecule has 0 atom stereocenters. The van der Waals surface area contributed by atoms with Gasteiger partial charge in [-0.2, -0.15) is 4.39 Å². The summed E-state index contributed by atoms with van der Waals surface area (Å²) >= 11 is 11.8. The van der Waals surface area contributed by atoms with Gasteiger partial charge in [-0.05, 0) is 11.6 Å². The van der Waals surface area contributed by atoms with Crippen molar-refractivity contribution < 1.29 is 13.7 Å². The molecular weight excluding hydrogens is 325 g/mol. The Kier molecular flexibility index (Phi) is 4.59. The van der Waals surface area contributed by atoms with Gasteiger partial charge < -0.3 is 5.32 Å². The van der Waals surface area contributed by atoms with Crippen LogP contribution in [0.5, 0.6) is 0 Å². The lowest BCUT2D eigenvalue weighted by atomic mass is 10.2. The molecule has 0 heterocycles. The van der Waals surface area contributed by atoms with Gasteiger partial charge in [0, 0.05) is 18.7 Å². The lowest BCUT2D eigenvalue weighted by Crippen LogP contribution is -2.04. The Morgan fingerprint density at radius 2 is 1.90 bits per heavy atom. The molecule has 0 radical (unpaired) electrons. The van der Waals surface area contributed by atoms with Gasteiger partial charge in [0.15, 0.2) is 0 Å². The van der Waals surface area contributed by atoms with E-state index in [0.717, 1.165) is 6.07 Å². The van der Waals surface area contributed by atoms with E-state index in [9.17, 15) is 18.9 Å². The lowest BCUT2D eigenvalue weighted by Gasteiger charge is -2.10. The molecule has 0 aliphatic carbocycles. The summed E-state index contributed by atoms with van der Waals surface area (Å²) in [5.74, 6) is -2.17. The van der Waals surface area contributed by atoms with Gasteiger partial charge in [0.1, 0.15) is 5.82 Å². The van der Waals surface area contributed by atoms with Crippen LogP contribution in [0.15, 0.2) is 30.3 Å². The fourth-order valence-electron chi connectivity index (χ4n) is 1.69. The highest BCUT2D eigenvalue weighted by Gasteiger charge is 2.18. The maximum absolute atomic E-state index is 13.6. The van der Waals surface area contributed by atoms with E-state index in [4.69, 9.17) is 23.2 Å². The third-order valence-corrected chi connectivity index (χ3v) is 3.59. The van der Waals surface area contributed by atoms with Gasteiger partial charge >= 0.3 is 5.69 Å². The minimum absolute atomic E-state index is 0.0824. The lowest BCUT2D eigenvalue weighted by molar-refractivity contribution is -0.387. The minimum atomic E-state index is -1.23. The van der Waals surface area contributed by atoms with Crippen LogP contribution in [0, 0.1) is 21.7 Å². The molecular formula is C13H8Cl2F2N2O2. The molecule has 0 amide bonds. The average Bonchev–Trinajstić information content (AvgIpc) is 2.41. The van der Waals surface area contributed by atoms with E-state index >= 15 is 0 Å². The zero-order chi connectivity index (χ0) is 15.6. The second kappa shape index (κ2) is 6.24. The molecule has 4 nitrogen and oxygen atoms in total. The second-order valence-electron chi connectivity index (χ2n) is 4.11. The number of hydrogen-bond donors (Lipinski definition) is 1. The highest BCUT2D eigenvalue weighted by Crippen LogP contribution is 2.28. The number of halogens is 4. The van der Waals surface area contributed by atoms with Crippen molar-refractivity contribution >= 4 is 34.6 Å². The maximum atomic E-state index is 13.6. The Morgan fingerprint density at radius 1 is 1.19 bits per heavy atom. The fourth-order valence-corrected chi connectivity index (χ4v) is 2.08. The molecule has 21 heavy (non-hydrogen) atoms. The summed E-state index contributed by atoms with van der Waals surface area (Å²) in [6.45, 7) is 0.0824. The summed E-state index contributed by atoms with van der Waals surface area (Å²) in [5, 5.41) is 13.9. The number of rotatable bonds is 4.